The fourth-order valence-electron chi connectivity index (χ4n) is 2.42. The number of hydrogen-bond donors (Lipinski definition) is 0. The van der Waals surface area contributed by atoms with E-state index in [4.69, 9.17) is 5.26 Å². The van der Waals surface area contributed by atoms with Crippen LogP contribution in [0.4, 0.5) is 5.69 Å². The molecule has 2 aromatic carbocycles. The first kappa shape index (κ1) is 12.8. The van der Waals surface area contributed by atoms with Crippen LogP contribution in [0.3, 0.4) is 0 Å². The van der Waals surface area contributed by atoms with Crippen molar-refractivity contribution in [3.63, 3.8) is 0 Å². The maximum absolute atomic E-state index is 12.2. The van der Waals surface area contributed by atoms with Crippen LogP contribution in [0.15, 0.2) is 53.4 Å². The number of nitrogens with zero attached hydrogens (tertiary/aromatic N) is 2. The van der Waals surface area contributed by atoms with E-state index in [1.54, 1.807) is 0 Å². The molecule has 0 atom stereocenters. The minimum atomic E-state index is 0.114. The van der Waals surface area contributed by atoms with Gasteiger partial charge in [0.2, 0.25) is 5.91 Å². The quantitative estimate of drug-likeness (QED) is 0.639. The molecule has 1 aliphatic heterocycles. The van der Waals surface area contributed by atoms with E-state index in [9.17, 15) is 4.79 Å². The van der Waals surface area contributed by atoms with Crippen molar-refractivity contribution in [3.05, 3.63) is 59.7 Å². The molecule has 0 aromatic heterocycles. The molecule has 1 amide bonds. The summed E-state index contributed by atoms with van der Waals surface area (Å²) in [5, 5.41) is 10.8. The number of rotatable bonds is 3. The van der Waals surface area contributed by atoms with Crippen LogP contribution in [0, 0.1) is 10.7 Å². The second kappa shape index (κ2) is 5.40. The lowest BCUT2D eigenvalue weighted by Gasteiger charge is -2.17. The summed E-state index contributed by atoms with van der Waals surface area (Å²) in [6.45, 7) is 0.595. The highest BCUT2D eigenvalue weighted by Crippen LogP contribution is 2.33. The van der Waals surface area contributed by atoms with Crippen LogP contribution in [0.1, 0.15) is 11.1 Å². The molecule has 0 bridgehead atoms. The van der Waals surface area contributed by atoms with Gasteiger partial charge in [-0.05, 0) is 41.1 Å². The number of fused-ring (bicyclic) bond motifs is 1. The molecule has 20 heavy (non-hydrogen) atoms. The van der Waals surface area contributed by atoms with Gasteiger partial charge in [0.1, 0.15) is 5.40 Å². The van der Waals surface area contributed by atoms with Crippen molar-refractivity contribution in [3.8, 4) is 5.40 Å². The van der Waals surface area contributed by atoms with Crippen molar-refractivity contribution < 1.29 is 4.79 Å². The Kier molecular flexibility index (Phi) is 3.44. The molecule has 0 saturated carbocycles. The van der Waals surface area contributed by atoms with Gasteiger partial charge in [-0.25, -0.2) is 0 Å². The van der Waals surface area contributed by atoms with Gasteiger partial charge in [-0.2, -0.15) is 5.26 Å². The first-order valence-corrected chi connectivity index (χ1v) is 7.13. The van der Waals surface area contributed by atoms with Crippen LogP contribution < -0.4 is 4.90 Å². The summed E-state index contributed by atoms with van der Waals surface area (Å²) < 4.78 is 0. The predicted molar refractivity (Wildman–Crippen MR) is 79.2 cm³/mol. The van der Waals surface area contributed by atoms with Crippen molar-refractivity contribution in [1.29, 1.82) is 5.26 Å². The summed E-state index contributed by atoms with van der Waals surface area (Å²) in [7, 11) is 0. The van der Waals surface area contributed by atoms with E-state index < -0.39 is 0 Å². The Balaban J connectivity index is 1.89. The smallest absolute Gasteiger partial charge is 0.231 e. The summed E-state index contributed by atoms with van der Waals surface area (Å²) in [6.07, 6.45) is 0.419. The molecule has 1 heterocycles. The molecule has 0 N–H and O–H groups in total. The number of amides is 1. The van der Waals surface area contributed by atoms with Crippen molar-refractivity contribution in [2.24, 2.45) is 0 Å². The number of carbonyl (C=O) groups is 1. The molecule has 98 valence electrons. The molecule has 0 fully saturated rings. The zero-order valence-corrected chi connectivity index (χ0v) is 11.6. The van der Waals surface area contributed by atoms with Gasteiger partial charge < -0.3 is 4.90 Å². The van der Waals surface area contributed by atoms with Gasteiger partial charge >= 0.3 is 0 Å². The molecule has 0 saturated heterocycles. The normalized spacial score (nSPS) is 13.2. The Morgan fingerprint density at radius 1 is 1.20 bits per heavy atom. The molecule has 3 nitrogen and oxygen atoms in total. The van der Waals surface area contributed by atoms with E-state index >= 15 is 0 Å². The molecule has 0 unspecified atom stereocenters. The maximum atomic E-state index is 12.2. The summed E-state index contributed by atoms with van der Waals surface area (Å²) in [5.41, 5.74) is 3.08. The average molecular weight is 280 g/mol. The van der Waals surface area contributed by atoms with E-state index in [1.165, 1.54) is 0 Å². The number of benzene rings is 2. The topological polar surface area (TPSA) is 44.1 Å². The van der Waals surface area contributed by atoms with Gasteiger partial charge in [-0.1, -0.05) is 30.3 Å². The van der Waals surface area contributed by atoms with Crippen molar-refractivity contribution in [2.75, 3.05) is 4.90 Å². The van der Waals surface area contributed by atoms with Crippen molar-refractivity contribution in [1.82, 2.24) is 0 Å². The Hall–Kier alpha value is -2.25. The van der Waals surface area contributed by atoms with Crippen LogP contribution in [0.25, 0.3) is 0 Å². The van der Waals surface area contributed by atoms with Crippen molar-refractivity contribution >= 4 is 23.4 Å². The van der Waals surface area contributed by atoms with E-state index in [0.717, 1.165) is 33.5 Å². The fraction of sp³-hybridized carbons (Fsp3) is 0.125. The standard InChI is InChI=1S/C16H12N2OS/c17-11-20-14-6-7-15-13(8-14)9-16(19)18(15)10-12-4-2-1-3-5-12/h1-8H,9-10H2. The first-order chi connectivity index (χ1) is 9.78. The Labute approximate surface area is 121 Å². The molecule has 3 rings (SSSR count). The van der Waals surface area contributed by atoms with Gasteiger partial charge in [0.25, 0.3) is 0 Å². The molecule has 0 aliphatic carbocycles. The van der Waals surface area contributed by atoms with Gasteiger partial charge in [-0.15, -0.1) is 0 Å². The summed E-state index contributed by atoms with van der Waals surface area (Å²) in [4.78, 5) is 14.9. The number of nitriles is 1. The van der Waals surface area contributed by atoms with E-state index in [2.05, 4.69) is 5.40 Å². The van der Waals surface area contributed by atoms with E-state index in [-0.39, 0.29) is 5.91 Å². The number of thiocyanates is 1. The third-order valence-corrected chi connectivity index (χ3v) is 3.91. The lowest BCUT2D eigenvalue weighted by atomic mass is 10.1. The summed E-state index contributed by atoms with van der Waals surface area (Å²) >= 11 is 1.12. The molecule has 1 aliphatic rings. The number of hydrogen-bond acceptors (Lipinski definition) is 3. The van der Waals surface area contributed by atoms with Crippen LogP contribution in [0.2, 0.25) is 0 Å². The zero-order valence-electron chi connectivity index (χ0n) is 10.7. The minimum Gasteiger partial charge on any atom is -0.307 e. The molecule has 0 spiro atoms. The predicted octanol–water partition coefficient (Wildman–Crippen LogP) is 3.35. The third kappa shape index (κ3) is 2.40. The highest BCUT2D eigenvalue weighted by molar-refractivity contribution is 8.03. The SMILES string of the molecule is N#CSc1ccc2c(c1)CC(=O)N2Cc1ccccc1. The third-order valence-electron chi connectivity index (χ3n) is 3.33. The minimum absolute atomic E-state index is 0.114. The van der Waals surface area contributed by atoms with Crippen LogP contribution in [0.5, 0.6) is 0 Å². The first-order valence-electron chi connectivity index (χ1n) is 6.31. The maximum Gasteiger partial charge on any atom is 0.231 e. The highest BCUT2D eigenvalue weighted by atomic mass is 32.2. The van der Waals surface area contributed by atoms with Gasteiger partial charge in [0.05, 0.1) is 13.0 Å². The van der Waals surface area contributed by atoms with Gasteiger partial charge in [0.15, 0.2) is 0 Å². The Morgan fingerprint density at radius 2 is 2.00 bits per heavy atom. The van der Waals surface area contributed by atoms with Gasteiger partial charge in [-0.3, -0.25) is 4.79 Å². The van der Waals surface area contributed by atoms with E-state index in [0.29, 0.717) is 13.0 Å². The van der Waals surface area contributed by atoms with E-state index in [1.807, 2.05) is 53.4 Å². The second-order valence-electron chi connectivity index (χ2n) is 4.63. The molecule has 4 heteroatoms. The largest absolute Gasteiger partial charge is 0.307 e. The van der Waals surface area contributed by atoms with Gasteiger partial charge in [0, 0.05) is 10.6 Å². The summed E-state index contributed by atoms with van der Waals surface area (Å²) in [6, 6.07) is 15.7. The van der Waals surface area contributed by atoms with Crippen LogP contribution >= 0.6 is 11.8 Å². The lowest BCUT2D eigenvalue weighted by molar-refractivity contribution is -0.117. The molecular formula is C16H12N2OS. The average Bonchev–Trinajstić information content (AvgIpc) is 2.76. The second-order valence-corrected chi connectivity index (χ2v) is 5.48. The Bertz CT molecular complexity index is 691. The number of anilines is 1. The van der Waals surface area contributed by atoms with Crippen molar-refractivity contribution in [2.45, 2.75) is 17.9 Å². The number of carbonyl (C=O) groups excluding carboxylic acids is 1. The Morgan fingerprint density at radius 3 is 2.75 bits per heavy atom. The highest BCUT2D eigenvalue weighted by Gasteiger charge is 2.27. The molecular weight excluding hydrogens is 268 g/mol. The number of thioether (sulfide) groups is 1. The summed E-state index contributed by atoms with van der Waals surface area (Å²) in [5.74, 6) is 0.114. The zero-order chi connectivity index (χ0) is 13.9. The molecule has 2 aromatic rings. The monoisotopic (exact) mass is 280 g/mol. The van der Waals surface area contributed by atoms with Crippen LogP contribution in [-0.2, 0) is 17.8 Å². The molecule has 0 radical (unpaired) electrons. The lowest BCUT2D eigenvalue weighted by Crippen LogP contribution is -2.25. The van der Waals surface area contributed by atoms with Crippen LogP contribution in [-0.4, -0.2) is 5.91 Å². The fourth-order valence-corrected chi connectivity index (χ4v) is 2.86.